The zero-order chi connectivity index (χ0) is 24.4. The van der Waals surface area contributed by atoms with Crippen molar-refractivity contribution in [3.63, 3.8) is 0 Å². The number of amides is 2. The zero-order valence-corrected chi connectivity index (χ0v) is 19.7. The molecule has 0 aromatic heterocycles. The number of carboxylic acid groups (broad SMARTS) is 2. The van der Waals surface area contributed by atoms with Gasteiger partial charge in [0, 0.05) is 17.9 Å². The summed E-state index contributed by atoms with van der Waals surface area (Å²) in [6.07, 6.45) is -1.37. The predicted molar refractivity (Wildman–Crippen MR) is 121 cm³/mol. The highest BCUT2D eigenvalue weighted by molar-refractivity contribution is 7.98. The number of nitrogens with one attached hydrogen (secondary N) is 2. The summed E-state index contributed by atoms with van der Waals surface area (Å²) in [4.78, 5) is 47.9. The van der Waals surface area contributed by atoms with E-state index in [4.69, 9.17) is 4.74 Å². The first-order valence-corrected chi connectivity index (χ1v) is 11.4. The van der Waals surface area contributed by atoms with Crippen LogP contribution in [0.25, 0.3) is 0 Å². The fourth-order valence-electron chi connectivity index (χ4n) is 2.78. The maximum absolute atomic E-state index is 12.4. The Balaban J connectivity index is 2.67. The topological polar surface area (TPSA) is 142 Å². The van der Waals surface area contributed by atoms with E-state index in [-0.39, 0.29) is 25.0 Å². The van der Waals surface area contributed by atoms with Crippen molar-refractivity contribution < 1.29 is 34.1 Å². The van der Waals surface area contributed by atoms with Gasteiger partial charge in [0.2, 0.25) is 5.91 Å². The lowest BCUT2D eigenvalue weighted by Crippen LogP contribution is -2.55. The maximum atomic E-state index is 12.4. The Morgan fingerprint density at radius 3 is 2.22 bits per heavy atom. The molecule has 0 unspecified atom stereocenters. The second-order valence-electron chi connectivity index (χ2n) is 8.33. The molecule has 2 atom stereocenters. The van der Waals surface area contributed by atoms with E-state index in [0.717, 1.165) is 5.56 Å². The molecule has 178 valence electrons. The smallest absolute Gasteiger partial charge is 0.408 e. The van der Waals surface area contributed by atoms with Crippen LogP contribution in [-0.2, 0) is 24.9 Å². The number of rotatable bonds is 12. The molecule has 0 radical (unpaired) electrons. The molecule has 9 nitrogen and oxygen atoms in total. The Morgan fingerprint density at radius 1 is 1.09 bits per heavy atom. The Labute approximate surface area is 192 Å². The van der Waals surface area contributed by atoms with Gasteiger partial charge in [-0.15, -0.1) is 0 Å². The summed E-state index contributed by atoms with van der Waals surface area (Å²) in [7, 11) is 0. The van der Waals surface area contributed by atoms with Crippen LogP contribution >= 0.6 is 11.8 Å². The van der Waals surface area contributed by atoms with Crippen LogP contribution in [0.1, 0.15) is 52.5 Å². The van der Waals surface area contributed by atoms with Crippen molar-refractivity contribution in [1.29, 1.82) is 0 Å². The van der Waals surface area contributed by atoms with Crippen LogP contribution in [0.15, 0.2) is 30.3 Å². The molecular formula is C22H32N2O7S. The molecule has 10 heteroatoms. The van der Waals surface area contributed by atoms with E-state index in [1.54, 1.807) is 27.7 Å². The van der Waals surface area contributed by atoms with Gasteiger partial charge in [-0.3, -0.25) is 4.79 Å². The van der Waals surface area contributed by atoms with Gasteiger partial charge < -0.3 is 25.6 Å². The van der Waals surface area contributed by atoms with E-state index in [2.05, 4.69) is 10.6 Å². The number of carbonyl (C=O) groups excluding carboxylic acids is 2. The SMILES string of the molecule is CC[C@@](CCC(=O)N[C@@H](CSCc1ccccc1)C(=O)O)(NC(=O)OC(C)(C)C)C(=O)O. The van der Waals surface area contributed by atoms with Crippen molar-refractivity contribution >= 4 is 35.7 Å². The number of hydrogen-bond acceptors (Lipinski definition) is 6. The highest BCUT2D eigenvalue weighted by Crippen LogP contribution is 2.20. The number of alkyl carbamates (subject to hydrolysis) is 1. The Kier molecular flexibility index (Phi) is 10.5. The summed E-state index contributed by atoms with van der Waals surface area (Å²) in [5.74, 6) is -2.33. The van der Waals surface area contributed by atoms with E-state index < -0.39 is 41.1 Å². The van der Waals surface area contributed by atoms with E-state index in [9.17, 15) is 29.4 Å². The van der Waals surface area contributed by atoms with Crippen LogP contribution in [-0.4, -0.2) is 57.1 Å². The van der Waals surface area contributed by atoms with Crippen LogP contribution in [0.4, 0.5) is 4.79 Å². The van der Waals surface area contributed by atoms with Gasteiger partial charge in [-0.25, -0.2) is 14.4 Å². The molecule has 1 aromatic carbocycles. The van der Waals surface area contributed by atoms with Crippen LogP contribution in [0.3, 0.4) is 0 Å². The average molecular weight is 469 g/mol. The number of benzene rings is 1. The lowest BCUT2D eigenvalue weighted by Gasteiger charge is -2.31. The Morgan fingerprint density at radius 2 is 1.72 bits per heavy atom. The second kappa shape index (κ2) is 12.3. The minimum atomic E-state index is -1.71. The van der Waals surface area contributed by atoms with Crippen molar-refractivity contribution in [3.05, 3.63) is 35.9 Å². The third-order valence-electron chi connectivity index (χ3n) is 4.56. The van der Waals surface area contributed by atoms with Crippen molar-refractivity contribution in [3.8, 4) is 0 Å². The van der Waals surface area contributed by atoms with Crippen LogP contribution in [0, 0.1) is 0 Å². The van der Waals surface area contributed by atoms with Crippen molar-refractivity contribution in [2.24, 2.45) is 0 Å². The highest BCUT2D eigenvalue weighted by atomic mass is 32.2. The van der Waals surface area contributed by atoms with Crippen LogP contribution < -0.4 is 10.6 Å². The summed E-state index contributed by atoms with van der Waals surface area (Å²) in [6.45, 7) is 6.52. The second-order valence-corrected chi connectivity index (χ2v) is 9.36. The Hall–Kier alpha value is -2.75. The van der Waals surface area contributed by atoms with Gasteiger partial charge in [-0.05, 0) is 39.2 Å². The molecule has 0 saturated heterocycles. The van der Waals surface area contributed by atoms with Gasteiger partial charge in [0.05, 0.1) is 0 Å². The van der Waals surface area contributed by atoms with Gasteiger partial charge in [0.1, 0.15) is 17.2 Å². The molecule has 0 fully saturated rings. The average Bonchev–Trinajstić information content (AvgIpc) is 2.69. The summed E-state index contributed by atoms with van der Waals surface area (Å²) in [6, 6.07) is 8.40. The van der Waals surface area contributed by atoms with Crippen molar-refractivity contribution in [2.75, 3.05) is 5.75 Å². The van der Waals surface area contributed by atoms with E-state index in [1.807, 2.05) is 30.3 Å². The van der Waals surface area contributed by atoms with Crippen LogP contribution in [0.2, 0.25) is 0 Å². The monoisotopic (exact) mass is 468 g/mol. The molecule has 2 amide bonds. The van der Waals surface area contributed by atoms with Gasteiger partial charge >= 0.3 is 18.0 Å². The molecule has 0 heterocycles. The summed E-state index contributed by atoms with van der Waals surface area (Å²) in [5.41, 5.74) is -1.48. The number of aliphatic carboxylic acids is 2. The highest BCUT2D eigenvalue weighted by Gasteiger charge is 2.40. The number of thioether (sulfide) groups is 1. The largest absolute Gasteiger partial charge is 0.480 e. The zero-order valence-electron chi connectivity index (χ0n) is 18.8. The van der Waals surface area contributed by atoms with E-state index in [1.165, 1.54) is 11.8 Å². The molecule has 0 aliphatic heterocycles. The minimum Gasteiger partial charge on any atom is -0.480 e. The molecule has 0 aliphatic rings. The normalized spacial score (nSPS) is 14.0. The minimum absolute atomic E-state index is 0.0180. The van der Waals surface area contributed by atoms with Gasteiger partial charge in [-0.1, -0.05) is 37.3 Å². The molecule has 32 heavy (non-hydrogen) atoms. The number of carboxylic acids is 2. The fourth-order valence-corrected chi connectivity index (χ4v) is 3.78. The molecule has 0 saturated carbocycles. The van der Waals surface area contributed by atoms with Gasteiger partial charge in [0.15, 0.2) is 0 Å². The third kappa shape index (κ3) is 9.59. The number of hydrogen-bond donors (Lipinski definition) is 4. The third-order valence-corrected chi connectivity index (χ3v) is 5.67. The quantitative estimate of drug-likeness (QED) is 0.367. The first-order chi connectivity index (χ1) is 14.9. The van der Waals surface area contributed by atoms with Crippen molar-refractivity contribution in [2.45, 2.75) is 69.9 Å². The molecule has 0 spiro atoms. The molecule has 0 aliphatic carbocycles. The first kappa shape index (κ1) is 27.3. The van der Waals surface area contributed by atoms with E-state index >= 15 is 0 Å². The molecule has 1 rings (SSSR count). The summed E-state index contributed by atoms with van der Waals surface area (Å²) < 4.78 is 5.13. The lowest BCUT2D eigenvalue weighted by atomic mass is 9.90. The van der Waals surface area contributed by atoms with Crippen LogP contribution in [0.5, 0.6) is 0 Å². The van der Waals surface area contributed by atoms with E-state index in [0.29, 0.717) is 5.75 Å². The standard InChI is InChI=1S/C22H32N2O7S/c1-5-22(19(28)29,24-20(30)31-21(2,3)4)12-11-17(25)23-16(18(26)27)14-32-13-15-9-7-6-8-10-15/h6-10,16H,5,11-14H2,1-4H3,(H,23,25)(H,24,30)(H,26,27)(H,28,29)/t16-,22-/m0/s1. The number of ether oxygens (including phenoxy) is 1. The molecule has 1 aromatic rings. The van der Waals surface area contributed by atoms with Crippen molar-refractivity contribution in [1.82, 2.24) is 10.6 Å². The van der Waals surface area contributed by atoms with Gasteiger partial charge in [0.25, 0.3) is 0 Å². The number of carbonyl (C=O) groups is 4. The molecule has 4 N–H and O–H groups in total. The fraction of sp³-hybridized carbons (Fsp3) is 0.545. The summed E-state index contributed by atoms with van der Waals surface area (Å²) >= 11 is 1.37. The lowest BCUT2D eigenvalue weighted by molar-refractivity contribution is -0.146. The molecular weight excluding hydrogens is 436 g/mol. The predicted octanol–water partition coefficient (Wildman–Crippen LogP) is 3.03. The maximum Gasteiger partial charge on any atom is 0.408 e. The molecule has 0 bridgehead atoms. The Bertz CT molecular complexity index is 795. The first-order valence-electron chi connectivity index (χ1n) is 10.3. The summed E-state index contributed by atoms with van der Waals surface area (Å²) in [5, 5.41) is 23.9. The van der Waals surface area contributed by atoms with Gasteiger partial charge in [-0.2, -0.15) is 11.8 Å².